The van der Waals surface area contributed by atoms with Gasteiger partial charge in [-0.2, -0.15) is 0 Å². The molecule has 0 bridgehead atoms. The summed E-state index contributed by atoms with van der Waals surface area (Å²) >= 11 is 0. The first-order valence-corrected chi connectivity index (χ1v) is 7.32. The van der Waals surface area contributed by atoms with E-state index in [9.17, 15) is 0 Å². The smallest absolute Gasteiger partial charge is 0.164 e. The molecule has 1 aliphatic heterocycles. The summed E-state index contributed by atoms with van der Waals surface area (Å²) in [6, 6.07) is 6.69. The summed E-state index contributed by atoms with van der Waals surface area (Å²) in [6.45, 7) is 10.7. The molecule has 0 amide bonds. The third-order valence-corrected chi connectivity index (χ3v) is 4.13. The molecule has 0 saturated carbocycles. The van der Waals surface area contributed by atoms with Crippen LogP contribution < -0.4 is 5.32 Å². The standard InChI is InChI=1S/C16H22N4/c1-10(2)14-16-19-18-15(20(16)9-8-17-14)13-11(3)6-5-7-12(13)4/h5-7,10,14,17H,8-9H2,1-4H3. The second kappa shape index (κ2) is 5.02. The zero-order valence-electron chi connectivity index (χ0n) is 12.6. The molecule has 0 spiro atoms. The third-order valence-electron chi connectivity index (χ3n) is 4.13. The van der Waals surface area contributed by atoms with Gasteiger partial charge in [0.25, 0.3) is 0 Å². The van der Waals surface area contributed by atoms with E-state index in [0.29, 0.717) is 12.0 Å². The third kappa shape index (κ3) is 2.04. The van der Waals surface area contributed by atoms with Crippen molar-refractivity contribution in [3.8, 4) is 11.4 Å². The summed E-state index contributed by atoms with van der Waals surface area (Å²) in [7, 11) is 0. The van der Waals surface area contributed by atoms with Gasteiger partial charge in [0.05, 0.1) is 6.04 Å². The Morgan fingerprint density at radius 2 is 1.90 bits per heavy atom. The van der Waals surface area contributed by atoms with Crippen molar-refractivity contribution in [1.82, 2.24) is 20.1 Å². The molecule has 4 heteroatoms. The van der Waals surface area contributed by atoms with E-state index in [-0.39, 0.29) is 0 Å². The van der Waals surface area contributed by atoms with Crippen molar-refractivity contribution in [1.29, 1.82) is 0 Å². The second-order valence-corrected chi connectivity index (χ2v) is 5.98. The van der Waals surface area contributed by atoms with Crippen molar-refractivity contribution >= 4 is 0 Å². The van der Waals surface area contributed by atoms with E-state index in [1.807, 2.05) is 0 Å². The molecular weight excluding hydrogens is 248 g/mol. The maximum Gasteiger partial charge on any atom is 0.164 e. The highest BCUT2D eigenvalue weighted by atomic mass is 15.3. The van der Waals surface area contributed by atoms with Crippen LogP contribution in [0.1, 0.15) is 36.8 Å². The van der Waals surface area contributed by atoms with E-state index in [4.69, 9.17) is 0 Å². The number of hydrogen-bond donors (Lipinski definition) is 1. The molecule has 0 fully saturated rings. The summed E-state index contributed by atoms with van der Waals surface area (Å²) in [6.07, 6.45) is 0. The molecule has 1 N–H and O–H groups in total. The molecule has 1 aromatic carbocycles. The van der Waals surface area contributed by atoms with Crippen LogP contribution in [0, 0.1) is 19.8 Å². The fourth-order valence-corrected chi connectivity index (χ4v) is 3.07. The molecule has 4 nitrogen and oxygen atoms in total. The van der Waals surface area contributed by atoms with Gasteiger partial charge in [-0.25, -0.2) is 0 Å². The van der Waals surface area contributed by atoms with Gasteiger partial charge in [0.2, 0.25) is 0 Å². The number of aryl methyl sites for hydroxylation is 2. The van der Waals surface area contributed by atoms with Crippen molar-refractivity contribution in [2.75, 3.05) is 6.54 Å². The molecule has 0 aliphatic carbocycles. The lowest BCUT2D eigenvalue weighted by Gasteiger charge is -2.28. The second-order valence-electron chi connectivity index (χ2n) is 5.98. The Morgan fingerprint density at radius 3 is 2.55 bits per heavy atom. The summed E-state index contributed by atoms with van der Waals surface area (Å²) < 4.78 is 2.29. The van der Waals surface area contributed by atoms with Crippen LogP contribution in [0.4, 0.5) is 0 Å². The lowest BCUT2D eigenvalue weighted by molar-refractivity contribution is 0.339. The van der Waals surface area contributed by atoms with Gasteiger partial charge in [0.1, 0.15) is 0 Å². The van der Waals surface area contributed by atoms with Crippen molar-refractivity contribution in [2.45, 2.75) is 40.3 Å². The van der Waals surface area contributed by atoms with E-state index in [1.54, 1.807) is 0 Å². The van der Waals surface area contributed by atoms with Gasteiger partial charge in [-0.05, 0) is 30.9 Å². The van der Waals surface area contributed by atoms with Gasteiger partial charge in [-0.3, -0.25) is 0 Å². The molecule has 1 aliphatic rings. The minimum absolute atomic E-state index is 0.300. The monoisotopic (exact) mass is 270 g/mol. The van der Waals surface area contributed by atoms with Crippen LogP contribution in [0.25, 0.3) is 11.4 Å². The highest BCUT2D eigenvalue weighted by Gasteiger charge is 2.28. The lowest BCUT2D eigenvalue weighted by Crippen LogP contribution is -2.36. The number of nitrogens with zero attached hydrogens (tertiary/aromatic N) is 3. The number of nitrogens with one attached hydrogen (secondary N) is 1. The van der Waals surface area contributed by atoms with Gasteiger partial charge in [-0.15, -0.1) is 10.2 Å². The maximum absolute atomic E-state index is 4.50. The number of fused-ring (bicyclic) bond motifs is 1. The topological polar surface area (TPSA) is 42.7 Å². The predicted molar refractivity (Wildman–Crippen MR) is 80.5 cm³/mol. The largest absolute Gasteiger partial charge is 0.308 e. The Labute approximate surface area is 120 Å². The summed E-state index contributed by atoms with van der Waals surface area (Å²) in [5, 5.41) is 12.5. The summed E-state index contributed by atoms with van der Waals surface area (Å²) in [5.41, 5.74) is 3.76. The molecular formula is C16H22N4. The maximum atomic E-state index is 4.50. The molecule has 1 unspecified atom stereocenters. The highest BCUT2D eigenvalue weighted by molar-refractivity contribution is 5.64. The zero-order valence-corrected chi connectivity index (χ0v) is 12.6. The molecule has 2 aromatic rings. The highest BCUT2D eigenvalue weighted by Crippen LogP contribution is 2.30. The number of aromatic nitrogens is 3. The first-order chi connectivity index (χ1) is 9.59. The fraction of sp³-hybridized carbons (Fsp3) is 0.500. The molecule has 106 valence electrons. The minimum Gasteiger partial charge on any atom is -0.308 e. The number of benzene rings is 1. The fourth-order valence-electron chi connectivity index (χ4n) is 3.07. The predicted octanol–water partition coefficient (Wildman–Crippen LogP) is 2.86. The Kier molecular flexibility index (Phi) is 3.34. The first-order valence-electron chi connectivity index (χ1n) is 7.32. The lowest BCUT2D eigenvalue weighted by atomic mass is 10.0. The Hall–Kier alpha value is -1.68. The normalized spacial score (nSPS) is 18.4. The van der Waals surface area contributed by atoms with Crippen LogP contribution in [0.3, 0.4) is 0 Å². The van der Waals surface area contributed by atoms with Gasteiger partial charge < -0.3 is 9.88 Å². The van der Waals surface area contributed by atoms with Crippen LogP contribution in [0.15, 0.2) is 18.2 Å². The van der Waals surface area contributed by atoms with E-state index in [0.717, 1.165) is 24.7 Å². The molecule has 20 heavy (non-hydrogen) atoms. The number of hydrogen-bond acceptors (Lipinski definition) is 3. The van der Waals surface area contributed by atoms with Crippen LogP contribution >= 0.6 is 0 Å². The van der Waals surface area contributed by atoms with Crippen LogP contribution in [0.2, 0.25) is 0 Å². The molecule has 2 heterocycles. The van der Waals surface area contributed by atoms with E-state index in [2.05, 4.69) is 66.0 Å². The van der Waals surface area contributed by atoms with Gasteiger partial charge >= 0.3 is 0 Å². The minimum atomic E-state index is 0.300. The Bertz CT molecular complexity index is 607. The molecule has 3 rings (SSSR count). The summed E-state index contributed by atoms with van der Waals surface area (Å²) in [5.74, 6) is 2.61. The van der Waals surface area contributed by atoms with E-state index in [1.165, 1.54) is 16.7 Å². The van der Waals surface area contributed by atoms with Crippen LogP contribution in [-0.2, 0) is 6.54 Å². The van der Waals surface area contributed by atoms with E-state index >= 15 is 0 Å². The molecule has 0 radical (unpaired) electrons. The Morgan fingerprint density at radius 1 is 1.20 bits per heavy atom. The van der Waals surface area contributed by atoms with Gasteiger partial charge in [0.15, 0.2) is 11.6 Å². The van der Waals surface area contributed by atoms with Crippen molar-refractivity contribution in [2.24, 2.45) is 5.92 Å². The van der Waals surface area contributed by atoms with Gasteiger partial charge in [-0.1, -0.05) is 32.0 Å². The first kappa shape index (κ1) is 13.3. The molecule has 1 aromatic heterocycles. The molecule has 0 saturated heterocycles. The average Bonchev–Trinajstić information content (AvgIpc) is 2.82. The van der Waals surface area contributed by atoms with Crippen molar-refractivity contribution < 1.29 is 0 Å². The SMILES string of the molecule is Cc1cccc(C)c1-c1nnc2n1CCNC2C(C)C. The van der Waals surface area contributed by atoms with Crippen molar-refractivity contribution in [3.05, 3.63) is 35.2 Å². The Balaban J connectivity index is 2.14. The van der Waals surface area contributed by atoms with Crippen molar-refractivity contribution in [3.63, 3.8) is 0 Å². The van der Waals surface area contributed by atoms with Gasteiger partial charge in [0, 0.05) is 18.7 Å². The van der Waals surface area contributed by atoms with Crippen LogP contribution in [0.5, 0.6) is 0 Å². The molecule has 1 atom stereocenters. The average molecular weight is 270 g/mol. The summed E-state index contributed by atoms with van der Waals surface area (Å²) in [4.78, 5) is 0. The number of rotatable bonds is 2. The van der Waals surface area contributed by atoms with E-state index < -0.39 is 0 Å². The van der Waals surface area contributed by atoms with Crippen LogP contribution in [-0.4, -0.2) is 21.3 Å². The zero-order chi connectivity index (χ0) is 14.3. The quantitative estimate of drug-likeness (QED) is 0.912.